The fourth-order valence-electron chi connectivity index (χ4n) is 2.34. The lowest BCUT2D eigenvalue weighted by Crippen LogP contribution is -2.16. The summed E-state index contributed by atoms with van der Waals surface area (Å²) in [4.78, 5) is 20.8. The summed E-state index contributed by atoms with van der Waals surface area (Å²) in [6, 6.07) is 12.4. The van der Waals surface area contributed by atoms with E-state index in [9.17, 15) is 14.3 Å². The van der Waals surface area contributed by atoms with Crippen LogP contribution in [0.5, 0.6) is 5.75 Å². The van der Waals surface area contributed by atoms with Crippen molar-refractivity contribution >= 4 is 11.7 Å². The van der Waals surface area contributed by atoms with Gasteiger partial charge in [-0.15, -0.1) is 0 Å². The molecule has 3 aromatic rings. The van der Waals surface area contributed by atoms with Crippen LogP contribution in [0.2, 0.25) is 0 Å². The fourth-order valence-corrected chi connectivity index (χ4v) is 2.34. The number of phenolic OH excluding ortho intramolecular Hbond substituents is 1. The largest absolute Gasteiger partial charge is 0.508 e. The molecule has 126 valence electrons. The molecular formula is C19H16FN3O2. The van der Waals surface area contributed by atoms with E-state index < -0.39 is 0 Å². The number of aromatic nitrogens is 2. The summed E-state index contributed by atoms with van der Waals surface area (Å²) in [5.41, 5.74) is 2.76. The molecule has 25 heavy (non-hydrogen) atoms. The van der Waals surface area contributed by atoms with Crippen molar-refractivity contribution < 1.29 is 14.3 Å². The van der Waals surface area contributed by atoms with Crippen LogP contribution in [0, 0.1) is 12.7 Å². The number of hydrogen-bond acceptors (Lipinski definition) is 4. The lowest BCUT2D eigenvalue weighted by molar-refractivity contribution is -0.115. The number of carbonyl (C=O) groups excluding carboxylic acids is 1. The minimum absolute atomic E-state index is 0.126. The van der Waals surface area contributed by atoms with Crippen LogP contribution in [0.1, 0.15) is 11.3 Å². The van der Waals surface area contributed by atoms with Crippen molar-refractivity contribution in [2.24, 2.45) is 0 Å². The van der Waals surface area contributed by atoms with Gasteiger partial charge in [0.05, 0.1) is 24.0 Å². The van der Waals surface area contributed by atoms with Crippen molar-refractivity contribution in [1.29, 1.82) is 0 Å². The number of hydrogen-bond donors (Lipinski definition) is 2. The first-order valence-corrected chi connectivity index (χ1v) is 7.68. The molecule has 0 aliphatic carbocycles. The van der Waals surface area contributed by atoms with Crippen molar-refractivity contribution in [2.75, 3.05) is 5.32 Å². The number of benzene rings is 2. The second-order valence-electron chi connectivity index (χ2n) is 5.59. The first kappa shape index (κ1) is 16.6. The Bertz CT molecular complexity index is 894. The summed E-state index contributed by atoms with van der Waals surface area (Å²) in [6.07, 6.45) is 1.69. The zero-order valence-electron chi connectivity index (χ0n) is 13.5. The van der Waals surface area contributed by atoms with Crippen molar-refractivity contribution in [3.8, 4) is 17.0 Å². The van der Waals surface area contributed by atoms with Crippen molar-refractivity contribution in [3.05, 3.63) is 71.8 Å². The van der Waals surface area contributed by atoms with Gasteiger partial charge in [0.15, 0.2) is 5.82 Å². The van der Waals surface area contributed by atoms with Crippen LogP contribution < -0.4 is 5.32 Å². The third kappa shape index (κ3) is 4.17. The Morgan fingerprint density at radius 2 is 1.80 bits per heavy atom. The van der Waals surface area contributed by atoms with Crippen LogP contribution in [0.15, 0.2) is 54.7 Å². The van der Waals surface area contributed by atoms with Gasteiger partial charge in [0.1, 0.15) is 11.6 Å². The number of aryl methyl sites for hydroxylation is 1. The van der Waals surface area contributed by atoms with E-state index in [1.54, 1.807) is 49.5 Å². The predicted octanol–water partition coefficient (Wildman–Crippen LogP) is 3.48. The summed E-state index contributed by atoms with van der Waals surface area (Å²) in [7, 11) is 0. The monoisotopic (exact) mass is 337 g/mol. The molecule has 6 heteroatoms. The number of aromatic hydroxyl groups is 1. The Morgan fingerprint density at radius 1 is 1.12 bits per heavy atom. The third-order valence-corrected chi connectivity index (χ3v) is 3.65. The molecule has 0 radical (unpaired) electrons. The van der Waals surface area contributed by atoms with Crippen molar-refractivity contribution in [2.45, 2.75) is 13.3 Å². The van der Waals surface area contributed by atoms with E-state index in [-0.39, 0.29) is 23.9 Å². The molecule has 0 bridgehead atoms. The fraction of sp³-hybridized carbons (Fsp3) is 0.105. The Balaban J connectivity index is 1.71. The summed E-state index contributed by atoms with van der Waals surface area (Å²) < 4.78 is 12.9. The molecule has 1 aromatic heterocycles. The molecule has 1 amide bonds. The minimum atomic E-state index is -0.337. The predicted molar refractivity (Wildman–Crippen MR) is 92.6 cm³/mol. The average Bonchev–Trinajstić information content (AvgIpc) is 2.59. The highest BCUT2D eigenvalue weighted by atomic mass is 19.1. The van der Waals surface area contributed by atoms with Gasteiger partial charge in [0.25, 0.3) is 0 Å². The number of amides is 1. The normalized spacial score (nSPS) is 10.5. The number of phenols is 1. The summed E-state index contributed by atoms with van der Waals surface area (Å²) in [5, 5.41) is 12.0. The van der Waals surface area contributed by atoms with Crippen molar-refractivity contribution in [1.82, 2.24) is 9.97 Å². The van der Waals surface area contributed by atoms with Crippen LogP contribution in [0.3, 0.4) is 0 Å². The summed E-state index contributed by atoms with van der Waals surface area (Å²) in [6.45, 7) is 1.75. The zero-order chi connectivity index (χ0) is 17.8. The molecule has 0 unspecified atom stereocenters. The van der Waals surface area contributed by atoms with E-state index in [2.05, 4.69) is 15.3 Å². The topological polar surface area (TPSA) is 75.1 Å². The molecule has 0 aliphatic heterocycles. The quantitative estimate of drug-likeness (QED) is 0.764. The molecule has 2 N–H and O–H groups in total. The highest BCUT2D eigenvalue weighted by Gasteiger charge is 2.10. The first-order valence-electron chi connectivity index (χ1n) is 7.68. The van der Waals surface area contributed by atoms with Gasteiger partial charge in [-0.1, -0.05) is 12.1 Å². The zero-order valence-corrected chi connectivity index (χ0v) is 13.5. The molecule has 5 nitrogen and oxygen atoms in total. The SMILES string of the molecule is Cc1nc(-c2ccc(O)cc2)cnc1NC(=O)Cc1ccc(F)cc1. The highest BCUT2D eigenvalue weighted by Crippen LogP contribution is 2.21. The first-order chi connectivity index (χ1) is 12.0. The third-order valence-electron chi connectivity index (χ3n) is 3.65. The Labute approximate surface area is 144 Å². The maximum absolute atomic E-state index is 12.9. The molecule has 0 fully saturated rings. The van der Waals surface area contributed by atoms with Crippen LogP contribution in [-0.2, 0) is 11.2 Å². The second-order valence-corrected chi connectivity index (χ2v) is 5.59. The number of rotatable bonds is 4. The Kier molecular flexibility index (Phi) is 4.70. The van der Waals surface area contributed by atoms with E-state index in [0.29, 0.717) is 22.8 Å². The van der Waals surface area contributed by atoms with E-state index in [0.717, 1.165) is 5.56 Å². The lowest BCUT2D eigenvalue weighted by Gasteiger charge is -2.09. The molecule has 0 spiro atoms. The van der Waals surface area contributed by atoms with Gasteiger partial charge in [0.2, 0.25) is 5.91 Å². The summed E-state index contributed by atoms with van der Waals surface area (Å²) in [5.74, 6) is -0.0233. The maximum Gasteiger partial charge on any atom is 0.229 e. The smallest absolute Gasteiger partial charge is 0.229 e. The molecule has 0 aliphatic rings. The van der Waals surface area contributed by atoms with E-state index >= 15 is 0 Å². The highest BCUT2D eigenvalue weighted by molar-refractivity contribution is 5.91. The van der Waals surface area contributed by atoms with Gasteiger partial charge in [0, 0.05) is 5.56 Å². The van der Waals surface area contributed by atoms with Crippen molar-refractivity contribution in [3.63, 3.8) is 0 Å². The van der Waals surface area contributed by atoms with Crippen LogP contribution >= 0.6 is 0 Å². The molecule has 1 heterocycles. The van der Waals surface area contributed by atoms with Crippen LogP contribution in [0.25, 0.3) is 11.3 Å². The average molecular weight is 337 g/mol. The van der Waals surface area contributed by atoms with Gasteiger partial charge in [-0.05, 0) is 48.9 Å². The van der Waals surface area contributed by atoms with Gasteiger partial charge in [-0.3, -0.25) is 4.79 Å². The standard InChI is InChI=1S/C19H16FN3O2/c1-12-19(23-18(25)10-13-2-6-15(20)7-3-13)21-11-17(22-12)14-4-8-16(24)9-5-14/h2-9,11,24H,10H2,1H3,(H,21,23,25). The van der Waals surface area contributed by atoms with Gasteiger partial charge in [-0.25, -0.2) is 14.4 Å². The molecular weight excluding hydrogens is 321 g/mol. The number of halogens is 1. The second kappa shape index (κ2) is 7.09. The van der Waals surface area contributed by atoms with Gasteiger partial charge < -0.3 is 10.4 Å². The number of nitrogens with one attached hydrogen (secondary N) is 1. The van der Waals surface area contributed by atoms with Crippen LogP contribution in [-0.4, -0.2) is 21.0 Å². The molecule has 0 atom stereocenters. The number of nitrogens with zero attached hydrogens (tertiary/aromatic N) is 2. The van der Waals surface area contributed by atoms with Crippen LogP contribution in [0.4, 0.5) is 10.2 Å². The maximum atomic E-state index is 12.9. The minimum Gasteiger partial charge on any atom is -0.508 e. The Hall–Kier alpha value is -3.28. The molecule has 2 aromatic carbocycles. The number of carbonyl (C=O) groups is 1. The van der Waals surface area contributed by atoms with E-state index in [1.807, 2.05) is 0 Å². The molecule has 0 saturated heterocycles. The van der Waals surface area contributed by atoms with E-state index in [1.165, 1.54) is 12.1 Å². The van der Waals surface area contributed by atoms with E-state index in [4.69, 9.17) is 0 Å². The molecule has 3 rings (SSSR count). The van der Waals surface area contributed by atoms with Gasteiger partial charge in [-0.2, -0.15) is 0 Å². The summed E-state index contributed by atoms with van der Waals surface area (Å²) >= 11 is 0. The van der Waals surface area contributed by atoms with Gasteiger partial charge >= 0.3 is 0 Å². The Morgan fingerprint density at radius 3 is 2.44 bits per heavy atom. The number of anilines is 1. The molecule has 0 saturated carbocycles. The lowest BCUT2D eigenvalue weighted by atomic mass is 10.1.